The van der Waals surface area contributed by atoms with Gasteiger partial charge in [-0.15, -0.1) is 12.4 Å². The highest BCUT2D eigenvalue weighted by atomic mass is 35.5. The zero-order chi connectivity index (χ0) is 7.68. The van der Waals surface area contributed by atoms with Gasteiger partial charge in [0.15, 0.2) is 0 Å². The molecule has 2 aliphatic rings. The second kappa shape index (κ2) is 3.76. The summed E-state index contributed by atoms with van der Waals surface area (Å²) >= 11 is 0. The SMILES string of the molecule is Cl.O=C1NCCC2CC=CC=C12. The number of nitrogens with one attached hydrogen (secondary N) is 1. The van der Waals surface area contributed by atoms with Gasteiger partial charge in [0.05, 0.1) is 0 Å². The number of carbonyl (C=O) groups excluding carboxylic acids is 1. The fourth-order valence-electron chi connectivity index (χ4n) is 1.67. The second-order valence-electron chi connectivity index (χ2n) is 3.03. The van der Waals surface area contributed by atoms with E-state index in [1.54, 1.807) is 0 Å². The lowest BCUT2D eigenvalue weighted by Gasteiger charge is -2.25. The van der Waals surface area contributed by atoms with Gasteiger partial charge in [-0.1, -0.05) is 18.2 Å². The summed E-state index contributed by atoms with van der Waals surface area (Å²) in [5.41, 5.74) is 0.971. The van der Waals surface area contributed by atoms with Gasteiger partial charge < -0.3 is 5.32 Å². The van der Waals surface area contributed by atoms with Crippen LogP contribution in [0.3, 0.4) is 0 Å². The van der Waals surface area contributed by atoms with Crippen LogP contribution in [0.2, 0.25) is 0 Å². The third-order valence-electron chi connectivity index (χ3n) is 2.31. The number of hydrogen-bond donors (Lipinski definition) is 1. The van der Waals surface area contributed by atoms with Gasteiger partial charge in [0.25, 0.3) is 0 Å². The second-order valence-corrected chi connectivity index (χ2v) is 3.03. The average molecular weight is 186 g/mol. The van der Waals surface area contributed by atoms with E-state index in [1.165, 1.54) is 0 Å². The molecule has 1 aliphatic heterocycles. The van der Waals surface area contributed by atoms with Gasteiger partial charge in [-0.05, 0) is 18.8 Å². The van der Waals surface area contributed by atoms with E-state index in [2.05, 4.69) is 11.4 Å². The maximum absolute atomic E-state index is 11.2. The number of halogens is 1. The Kier molecular flexibility index (Phi) is 2.93. The summed E-state index contributed by atoms with van der Waals surface area (Å²) in [7, 11) is 0. The maximum Gasteiger partial charge on any atom is 0.247 e. The first-order chi connectivity index (χ1) is 5.38. The van der Waals surface area contributed by atoms with Crippen molar-refractivity contribution in [1.29, 1.82) is 0 Å². The lowest BCUT2D eigenvalue weighted by atomic mass is 9.86. The van der Waals surface area contributed by atoms with Gasteiger partial charge in [-0.25, -0.2) is 0 Å². The lowest BCUT2D eigenvalue weighted by molar-refractivity contribution is -0.119. The minimum absolute atomic E-state index is 0. The molecule has 1 amide bonds. The van der Waals surface area contributed by atoms with E-state index in [0.29, 0.717) is 5.92 Å². The largest absolute Gasteiger partial charge is 0.352 e. The van der Waals surface area contributed by atoms with Crippen LogP contribution in [0.15, 0.2) is 23.8 Å². The van der Waals surface area contributed by atoms with Gasteiger partial charge in [-0.3, -0.25) is 4.79 Å². The summed E-state index contributed by atoms with van der Waals surface area (Å²) in [6, 6.07) is 0. The molecule has 0 spiro atoms. The molecule has 0 aromatic heterocycles. The number of carbonyl (C=O) groups is 1. The van der Waals surface area contributed by atoms with Crippen LogP contribution in [0.4, 0.5) is 0 Å². The van der Waals surface area contributed by atoms with Crippen LogP contribution >= 0.6 is 12.4 Å². The smallest absolute Gasteiger partial charge is 0.247 e. The highest BCUT2D eigenvalue weighted by molar-refractivity contribution is 5.95. The predicted molar refractivity (Wildman–Crippen MR) is 50.2 cm³/mol. The van der Waals surface area contributed by atoms with E-state index in [1.807, 2.05) is 12.2 Å². The molecule has 1 heterocycles. The van der Waals surface area contributed by atoms with Crippen molar-refractivity contribution in [2.45, 2.75) is 12.8 Å². The van der Waals surface area contributed by atoms with Crippen molar-refractivity contribution in [3.8, 4) is 0 Å². The van der Waals surface area contributed by atoms with Crippen LogP contribution < -0.4 is 5.32 Å². The molecule has 1 saturated heterocycles. The quantitative estimate of drug-likeness (QED) is 0.608. The number of hydrogen-bond acceptors (Lipinski definition) is 1. The molecule has 2 rings (SSSR count). The molecule has 0 radical (unpaired) electrons. The minimum atomic E-state index is 0. The molecule has 1 atom stereocenters. The molecule has 3 heteroatoms. The highest BCUT2D eigenvalue weighted by Crippen LogP contribution is 2.25. The van der Waals surface area contributed by atoms with Crippen molar-refractivity contribution in [3.63, 3.8) is 0 Å². The topological polar surface area (TPSA) is 29.1 Å². The van der Waals surface area contributed by atoms with Gasteiger partial charge >= 0.3 is 0 Å². The van der Waals surface area contributed by atoms with E-state index < -0.39 is 0 Å². The zero-order valence-electron chi connectivity index (χ0n) is 6.75. The Bertz CT molecular complexity index is 245. The lowest BCUT2D eigenvalue weighted by Crippen LogP contribution is -2.36. The van der Waals surface area contributed by atoms with Gasteiger partial charge in [0, 0.05) is 12.1 Å². The Morgan fingerprint density at radius 2 is 2.33 bits per heavy atom. The van der Waals surface area contributed by atoms with Crippen LogP contribution in [-0.4, -0.2) is 12.5 Å². The fourth-order valence-corrected chi connectivity index (χ4v) is 1.67. The van der Waals surface area contributed by atoms with Gasteiger partial charge in [0.2, 0.25) is 5.91 Å². The van der Waals surface area contributed by atoms with Crippen LogP contribution in [0.1, 0.15) is 12.8 Å². The molecule has 66 valence electrons. The van der Waals surface area contributed by atoms with Gasteiger partial charge in [0.1, 0.15) is 0 Å². The summed E-state index contributed by atoms with van der Waals surface area (Å²) in [4.78, 5) is 11.2. The average Bonchev–Trinajstić information content (AvgIpc) is 2.06. The number of amides is 1. The number of rotatable bonds is 0. The molecule has 0 saturated carbocycles. The molecular weight excluding hydrogens is 174 g/mol. The Balaban J connectivity index is 0.000000720. The van der Waals surface area contributed by atoms with E-state index in [4.69, 9.17) is 0 Å². The summed E-state index contributed by atoms with van der Waals surface area (Å²) in [5, 5.41) is 2.84. The molecule has 2 nitrogen and oxygen atoms in total. The van der Waals surface area contributed by atoms with Crippen LogP contribution in [0.25, 0.3) is 0 Å². The minimum Gasteiger partial charge on any atom is -0.352 e. The first-order valence-electron chi connectivity index (χ1n) is 4.03. The standard InChI is InChI=1S/C9H11NO.ClH/c11-9-8-4-2-1-3-7(8)5-6-10-9;/h1-2,4,7H,3,5-6H2,(H,10,11);1H. The van der Waals surface area contributed by atoms with Crippen LogP contribution in [0.5, 0.6) is 0 Å². The summed E-state index contributed by atoms with van der Waals surface area (Å²) < 4.78 is 0. The van der Waals surface area contributed by atoms with Crippen molar-refractivity contribution < 1.29 is 4.79 Å². The Morgan fingerprint density at radius 3 is 3.08 bits per heavy atom. The molecule has 0 aromatic carbocycles. The molecular formula is C9H12ClNO. The van der Waals surface area contributed by atoms with E-state index >= 15 is 0 Å². The molecule has 1 N–H and O–H groups in total. The van der Waals surface area contributed by atoms with E-state index in [0.717, 1.165) is 25.0 Å². The van der Waals surface area contributed by atoms with Crippen LogP contribution in [-0.2, 0) is 4.79 Å². The summed E-state index contributed by atoms with van der Waals surface area (Å²) in [6.45, 7) is 0.842. The monoisotopic (exact) mass is 185 g/mol. The van der Waals surface area contributed by atoms with Crippen molar-refractivity contribution in [2.75, 3.05) is 6.54 Å². The number of fused-ring (bicyclic) bond motifs is 1. The molecule has 0 aromatic rings. The summed E-state index contributed by atoms with van der Waals surface area (Å²) in [5.74, 6) is 0.624. The molecule has 1 aliphatic carbocycles. The van der Waals surface area contributed by atoms with Crippen molar-refractivity contribution in [3.05, 3.63) is 23.8 Å². The zero-order valence-corrected chi connectivity index (χ0v) is 7.56. The number of allylic oxidation sites excluding steroid dienone is 3. The Morgan fingerprint density at radius 1 is 1.50 bits per heavy atom. The fraction of sp³-hybridized carbons (Fsp3) is 0.444. The molecule has 1 fully saturated rings. The Labute approximate surface area is 78.1 Å². The first kappa shape index (κ1) is 9.33. The maximum atomic E-state index is 11.2. The normalized spacial score (nSPS) is 26.5. The molecule has 12 heavy (non-hydrogen) atoms. The van der Waals surface area contributed by atoms with Gasteiger partial charge in [-0.2, -0.15) is 0 Å². The third-order valence-corrected chi connectivity index (χ3v) is 2.31. The predicted octanol–water partition coefficient (Wildman–Crippen LogP) is 1.43. The first-order valence-corrected chi connectivity index (χ1v) is 4.03. The highest BCUT2D eigenvalue weighted by Gasteiger charge is 2.24. The van der Waals surface area contributed by atoms with E-state index in [9.17, 15) is 4.79 Å². The van der Waals surface area contributed by atoms with Crippen molar-refractivity contribution in [2.24, 2.45) is 5.92 Å². The summed E-state index contributed by atoms with van der Waals surface area (Å²) in [6.07, 6.45) is 8.17. The van der Waals surface area contributed by atoms with Crippen molar-refractivity contribution in [1.82, 2.24) is 5.32 Å². The molecule has 0 bridgehead atoms. The van der Waals surface area contributed by atoms with Crippen LogP contribution in [0, 0.1) is 5.92 Å². The van der Waals surface area contributed by atoms with Crippen molar-refractivity contribution >= 4 is 18.3 Å². The number of piperidine rings is 1. The van der Waals surface area contributed by atoms with E-state index in [-0.39, 0.29) is 18.3 Å². The molecule has 1 unspecified atom stereocenters. The third kappa shape index (κ3) is 1.53. The Hall–Kier alpha value is -0.760.